The summed E-state index contributed by atoms with van der Waals surface area (Å²) in [5.74, 6) is 0.518. The van der Waals surface area contributed by atoms with E-state index in [-0.39, 0.29) is 5.91 Å². The van der Waals surface area contributed by atoms with E-state index < -0.39 is 0 Å². The summed E-state index contributed by atoms with van der Waals surface area (Å²) in [5.41, 5.74) is 3.56. The summed E-state index contributed by atoms with van der Waals surface area (Å²) in [5, 5.41) is 2.89. The molecule has 0 saturated carbocycles. The molecule has 0 aliphatic heterocycles. The molecule has 0 fully saturated rings. The van der Waals surface area contributed by atoms with Crippen molar-refractivity contribution >= 4 is 17.2 Å². The van der Waals surface area contributed by atoms with E-state index >= 15 is 0 Å². The third-order valence-electron chi connectivity index (χ3n) is 3.78. The highest BCUT2D eigenvalue weighted by Gasteiger charge is 2.08. The van der Waals surface area contributed by atoms with Crippen molar-refractivity contribution in [3.05, 3.63) is 102 Å². The van der Waals surface area contributed by atoms with Gasteiger partial charge in [-0.15, -0.1) is 0 Å². The van der Waals surface area contributed by atoms with Crippen molar-refractivity contribution in [2.45, 2.75) is 0 Å². The number of rotatable bonds is 5. The minimum Gasteiger partial charge on any atom is -0.497 e. The highest BCUT2D eigenvalue weighted by molar-refractivity contribution is 6.06. The minimum absolute atomic E-state index is 0.184. The summed E-state index contributed by atoms with van der Waals surface area (Å²) in [7, 11) is 1.60. The van der Waals surface area contributed by atoms with Gasteiger partial charge in [-0.05, 0) is 28.8 Å². The molecule has 1 N–H and O–H groups in total. The van der Waals surface area contributed by atoms with Crippen molar-refractivity contribution in [3.63, 3.8) is 0 Å². The summed E-state index contributed by atoms with van der Waals surface area (Å²) in [4.78, 5) is 12.5. The van der Waals surface area contributed by atoms with E-state index in [0.29, 0.717) is 11.4 Å². The molecule has 124 valence electrons. The van der Waals surface area contributed by atoms with Gasteiger partial charge in [0, 0.05) is 17.8 Å². The predicted octanol–water partition coefficient (Wildman–Crippen LogP) is 4.77. The molecule has 25 heavy (non-hydrogen) atoms. The summed E-state index contributed by atoms with van der Waals surface area (Å²) in [6.45, 7) is 0. The molecule has 0 heterocycles. The lowest BCUT2D eigenvalue weighted by molar-refractivity contribution is -0.111. The number of anilines is 1. The van der Waals surface area contributed by atoms with Crippen molar-refractivity contribution < 1.29 is 9.53 Å². The van der Waals surface area contributed by atoms with Gasteiger partial charge in [0.1, 0.15) is 5.75 Å². The number of carbonyl (C=O) groups excluding carboxylic acids is 1. The Morgan fingerprint density at radius 1 is 0.840 bits per heavy atom. The lowest BCUT2D eigenvalue weighted by atomic mass is 9.97. The molecule has 1 amide bonds. The second-order valence-electron chi connectivity index (χ2n) is 5.51. The van der Waals surface area contributed by atoms with Gasteiger partial charge < -0.3 is 10.1 Å². The molecular weight excluding hydrogens is 310 g/mol. The van der Waals surface area contributed by atoms with E-state index in [9.17, 15) is 4.79 Å². The maximum atomic E-state index is 12.5. The van der Waals surface area contributed by atoms with Gasteiger partial charge in [0.2, 0.25) is 5.91 Å². The van der Waals surface area contributed by atoms with Crippen LogP contribution in [0.2, 0.25) is 0 Å². The number of carbonyl (C=O) groups is 1. The molecule has 3 nitrogen and oxygen atoms in total. The van der Waals surface area contributed by atoms with Gasteiger partial charge in [-0.25, -0.2) is 0 Å². The minimum atomic E-state index is -0.184. The van der Waals surface area contributed by atoms with Crippen molar-refractivity contribution in [3.8, 4) is 5.75 Å². The highest BCUT2D eigenvalue weighted by Crippen LogP contribution is 2.23. The Kier molecular flexibility index (Phi) is 5.27. The third-order valence-corrected chi connectivity index (χ3v) is 3.78. The van der Waals surface area contributed by atoms with Crippen molar-refractivity contribution in [1.29, 1.82) is 0 Å². The monoisotopic (exact) mass is 329 g/mol. The Bertz CT molecular complexity index is 829. The molecule has 0 aromatic heterocycles. The SMILES string of the molecule is COc1cccc(NC(=O)C=C(c2ccccc2)c2ccccc2)c1. The lowest BCUT2D eigenvalue weighted by Crippen LogP contribution is -2.09. The normalized spacial score (nSPS) is 9.96. The maximum absolute atomic E-state index is 12.5. The Morgan fingerprint density at radius 2 is 1.44 bits per heavy atom. The van der Waals surface area contributed by atoms with Crippen LogP contribution < -0.4 is 10.1 Å². The Balaban J connectivity index is 1.91. The summed E-state index contributed by atoms with van der Waals surface area (Å²) < 4.78 is 5.19. The average molecular weight is 329 g/mol. The van der Waals surface area contributed by atoms with Crippen LogP contribution in [0.25, 0.3) is 5.57 Å². The molecule has 0 saturated heterocycles. The van der Waals surface area contributed by atoms with E-state index in [0.717, 1.165) is 16.7 Å². The molecule has 3 heteroatoms. The number of methoxy groups -OCH3 is 1. The quantitative estimate of drug-likeness (QED) is 0.685. The molecule has 3 aromatic rings. The molecule has 3 aromatic carbocycles. The molecule has 0 radical (unpaired) electrons. The van der Waals surface area contributed by atoms with Gasteiger partial charge in [0.05, 0.1) is 7.11 Å². The summed E-state index contributed by atoms with van der Waals surface area (Å²) in [6, 6.07) is 27.1. The molecule has 0 aliphatic rings. The van der Waals surface area contributed by atoms with Crippen LogP contribution in [-0.2, 0) is 4.79 Å². The number of ether oxygens (including phenoxy) is 1. The second kappa shape index (κ2) is 7.97. The number of amides is 1. The molecule has 0 spiro atoms. The van der Waals surface area contributed by atoms with E-state index in [1.807, 2.05) is 78.9 Å². The zero-order chi connectivity index (χ0) is 17.5. The molecule has 0 atom stereocenters. The first-order valence-corrected chi connectivity index (χ1v) is 8.04. The standard InChI is InChI=1S/C22H19NO2/c1-25-20-14-8-13-19(15-20)23-22(24)16-21(17-9-4-2-5-10-17)18-11-6-3-7-12-18/h2-16H,1H3,(H,23,24). The van der Waals surface area contributed by atoms with Crippen molar-refractivity contribution in [1.82, 2.24) is 0 Å². The fourth-order valence-corrected chi connectivity index (χ4v) is 2.58. The Hall–Kier alpha value is -3.33. The zero-order valence-electron chi connectivity index (χ0n) is 14.0. The van der Waals surface area contributed by atoms with E-state index in [1.165, 1.54) is 0 Å². The van der Waals surface area contributed by atoms with Crippen LogP contribution in [0.1, 0.15) is 11.1 Å². The smallest absolute Gasteiger partial charge is 0.249 e. The fraction of sp³-hybridized carbons (Fsp3) is 0.0455. The van der Waals surface area contributed by atoms with Crippen LogP contribution in [0, 0.1) is 0 Å². The van der Waals surface area contributed by atoms with Gasteiger partial charge >= 0.3 is 0 Å². The zero-order valence-corrected chi connectivity index (χ0v) is 14.0. The van der Waals surface area contributed by atoms with Crippen LogP contribution in [0.15, 0.2) is 91.0 Å². The number of hydrogen-bond donors (Lipinski definition) is 1. The number of hydrogen-bond acceptors (Lipinski definition) is 2. The molecule has 0 aliphatic carbocycles. The second-order valence-corrected chi connectivity index (χ2v) is 5.51. The van der Waals surface area contributed by atoms with Crippen LogP contribution in [-0.4, -0.2) is 13.0 Å². The lowest BCUT2D eigenvalue weighted by Gasteiger charge is -2.09. The molecule has 0 bridgehead atoms. The number of benzene rings is 3. The van der Waals surface area contributed by atoms with Gasteiger partial charge in [-0.1, -0.05) is 66.7 Å². The average Bonchev–Trinajstić information content (AvgIpc) is 2.67. The van der Waals surface area contributed by atoms with Crippen LogP contribution in [0.5, 0.6) is 5.75 Å². The predicted molar refractivity (Wildman–Crippen MR) is 102 cm³/mol. The summed E-state index contributed by atoms with van der Waals surface area (Å²) >= 11 is 0. The van der Waals surface area contributed by atoms with Crippen LogP contribution >= 0.6 is 0 Å². The van der Waals surface area contributed by atoms with Gasteiger partial charge in [-0.2, -0.15) is 0 Å². The molecular formula is C22H19NO2. The fourth-order valence-electron chi connectivity index (χ4n) is 2.58. The first-order chi connectivity index (χ1) is 12.3. The molecule has 3 rings (SSSR count). The largest absolute Gasteiger partial charge is 0.497 e. The number of nitrogens with one attached hydrogen (secondary N) is 1. The van der Waals surface area contributed by atoms with Gasteiger partial charge in [0.15, 0.2) is 0 Å². The van der Waals surface area contributed by atoms with Crippen LogP contribution in [0.3, 0.4) is 0 Å². The third kappa shape index (κ3) is 4.36. The molecule has 0 unspecified atom stereocenters. The maximum Gasteiger partial charge on any atom is 0.249 e. The van der Waals surface area contributed by atoms with Gasteiger partial charge in [0.25, 0.3) is 0 Å². The van der Waals surface area contributed by atoms with Crippen molar-refractivity contribution in [2.75, 3.05) is 12.4 Å². The highest BCUT2D eigenvalue weighted by atomic mass is 16.5. The van der Waals surface area contributed by atoms with Crippen molar-refractivity contribution in [2.24, 2.45) is 0 Å². The first kappa shape index (κ1) is 16.5. The van der Waals surface area contributed by atoms with E-state index in [2.05, 4.69) is 5.32 Å². The Labute approximate surface area is 147 Å². The van der Waals surface area contributed by atoms with E-state index in [1.54, 1.807) is 19.3 Å². The Morgan fingerprint density at radius 3 is 2.00 bits per heavy atom. The summed E-state index contributed by atoms with van der Waals surface area (Å²) in [6.07, 6.45) is 1.63. The van der Waals surface area contributed by atoms with Gasteiger partial charge in [-0.3, -0.25) is 4.79 Å². The van der Waals surface area contributed by atoms with E-state index in [4.69, 9.17) is 4.74 Å². The topological polar surface area (TPSA) is 38.3 Å². The van der Waals surface area contributed by atoms with Crippen LogP contribution in [0.4, 0.5) is 5.69 Å². The first-order valence-electron chi connectivity index (χ1n) is 8.04.